The minimum absolute atomic E-state index is 0.675. The fraction of sp³-hybridized carbons (Fsp3) is 0.0500. The topological polar surface area (TPSA) is 65.2 Å². The van der Waals surface area contributed by atoms with Crippen LogP contribution in [0.1, 0.15) is 12.5 Å². The molecule has 43 heavy (non-hydrogen) atoms. The molecule has 0 bridgehead atoms. The molecule has 0 amide bonds. The number of hydrogen-bond acceptors (Lipinski definition) is 3. The van der Waals surface area contributed by atoms with Crippen LogP contribution in [0.15, 0.2) is 144 Å². The Kier molecular flexibility index (Phi) is 6.76. The molecule has 0 saturated carbocycles. The zero-order chi connectivity index (χ0) is 29.3. The van der Waals surface area contributed by atoms with Crippen molar-refractivity contribution in [2.45, 2.75) is 13.3 Å². The maximum Gasteiger partial charge on any atom is 0.143 e. The average Bonchev–Trinajstić information content (AvgIpc) is 3.47. The van der Waals surface area contributed by atoms with Crippen LogP contribution in [0.2, 0.25) is 0 Å². The van der Waals surface area contributed by atoms with Crippen molar-refractivity contribution in [3.63, 3.8) is 0 Å². The standard InChI is InChI=1S/C26H20O.C14H12N2/c1-2-18-9-6-12-20(17-18)22-14-8-16-24-23-15-7-13-21(25(23)27-26(22)24)19-10-4-3-5-11-19;15-13-11-7-3-1-5-9(11)10-6-2-4-8-12(10)14(13)16/h3-17H,2H2,1H3;1-8H,15-16H2. The summed E-state index contributed by atoms with van der Waals surface area (Å²) in [7, 11) is 0. The number of anilines is 2. The van der Waals surface area contributed by atoms with Gasteiger partial charge in [-0.1, -0.05) is 146 Å². The van der Waals surface area contributed by atoms with E-state index in [1.807, 2.05) is 42.5 Å². The van der Waals surface area contributed by atoms with Crippen molar-refractivity contribution in [1.29, 1.82) is 0 Å². The van der Waals surface area contributed by atoms with Gasteiger partial charge in [0.15, 0.2) is 0 Å². The number of aryl methyl sites for hydroxylation is 1. The molecule has 0 aliphatic carbocycles. The smallest absolute Gasteiger partial charge is 0.143 e. The van der Waals surface area contributed by atoms with Crippen molar-refractivity contribution in [3.8, 4) is 22.3 Å². The Bertz CT molecular complexity index is 2190. The molecule has 8 aromatic rings. The molecule has 8 rings (SSSR count). The summed E-state index contributed by atoms with van der Waals surface area (Å²) in [5, 5.41) is 6.70. The van der Waals surface area contributed by atoms with Crippen molar-refractivity contribution in [2.75, 3.05) is 11.5 Å². The SMILES string of the molecule is CCc1cccc(-c2cccc3c2oc2c(-c4ccccc4)cccc23)c1.Nc1c(N)c2ccccc2c2ccccc12. The predicted octanol–water partition coefficient (Wildman–Crippen LogP) is 10.6. The highest BCUT2D eigenvalue weighted by Gasteiger charge is 2.15. The molecule has 208 valence electrons. The number of para-hydroxylation sites is 2. The van der Waals surface area contributed by atoms with Gasteiger partial charge in [0.05, 0.1) is 11.4 Å². The van der Waals surface area contributed by atoms with E-state index in [1.54, 1.807) is 0 Å². The predicted molar refractivity (Wildman–Crippen MR) is 184 cm³/mol. The molecule has 0 spiro atoms. The monoisotopic (exact) mass is 556 g/mol. The highest BCUT2D eigenvalue weighted by atomic mass is 16.3. The van der Waals surface area contributed by atoms with Crippen LogP contribution >= 0.6 is 0 Å². The number of nitrogen functional groups attached to an aromatic ring is 2. The van der Waals surface area contributed by atoms with Gasteiger partial charge in [0.1, 0.15) is 11.2 Å². The van der Waals surface area contributed by atoms with Gasteiger partial charge in [0.2, 0.25) is 0 Å². The Morgan fingerprint density at radius 3 is 1.44 bits per heavy atom. The molecule has 3 nitrogen and oxygen atoms in total. The van der Waals surface area contributed by atoms with Gasteiger partial charge in [0, 0.05) is 32.7 Å². The van der Waals surface area contributed by atoms with Gasteiger partial charge in [-0.2, -0.15) is 0 Å². The summed E-state index contributed by atoms with van der Waals surface area (Å²) in [5.74, 6) is 0. The second kappa shape index (κ2) is 11.0. The molecule has 0 radical (unpaired) electrons. The van der Waals surface area contributed by atoms with Crippen molar-refractivity contribution in [1.82, 2.24) is 0 Å². The minimum atomic E-state index is 0.675. The molecule has 0 saturated heterocycles. The molecule has 0 atom stereocenters. The Morgan fingerprint density at radius 2 is 0.884 bits per heavy atom. The van der Waals surface area contributed by atoms with E-state index >= 15 is 0 Å². The van der Waals surface area contributed by atoms with Gasteiger partial charge < -0.3 is 15.9 Å². The second-order valence-electron chi connectivity index (χ2n) is 10.8. The van der Waals surface area contributed by atoms with E-state index in [2.05, 4.69) is 104 Å². The lowest BCUT2D eigenvalue weighted by Gasteiger charge is -2.10. The van der Waals surface area contributed by atoms with E-state index in [4.69, 9.17) is 15.9 Å². The molecule has 3 heteroatoms. The Hall–Kier alpha value is -5.54. The lowest BCUT2D eigenvalue weighted by atomic mass is 9.99. The maximum absolute atomic E-state index is 6.50. The Morgan fingerprint density at radius 1 is 0.442 bits per heavy atom. The number of hydrogen-bond donors (Lipinski definition) is 2. The van der Waals surface area contributed by atoms with Crippen LogP contribution in [0.25, 0.3) is 65.7 Å². The largest absolute Gasteiger partial charge is 0.455 e. The first-order chi connectivity index (χ1) is 21.1. The van der Waals surface area contributed by atoms with Crippen LogP contribution in [-0.2, 0) is 6.42 Å². The summed E-state index contributed by atoms with van der Waals surface area (Å²) in [5.41, 5.74) is 21.4. The first kappa shape index (κ1) is 26.4. The quantitative estimate of drug-likeness (QED) is 0.129. The summed E-state index contributed by atoms with van der Waals surface area (Å²) in [6.45, 7) is 2.19. The third-order valence-electron chi connectivity index (χ3n) is 8.27. The molecule has 0 fully saturated rings. The van der Waals surface area contributed by atoms with E-state index in [0.717, 1.165) is 50.3 Å². The van der Waals surface area contributed by atoms with E-state index < -0.39 is 0 Å². The lowest BCUT2D eigenvalue weighted by Crippen LogP contribution is -1.97. The van der Waals surface area contributed by atoms with Crippen molar-refractivity contribution in [2.24, 2.45) is 0 Å². The number of benzene rings is 7. The van der Waals surface area contributed by atoms with Crippen molar-refractivity contribution >= 4 is 54.9 Å². The van der Waals surface area contributed by atoms with E-state index in [0.29, 0.717) is 11.4 Å². The van der Waals surface area contributed by atoms with Crippen LogP contribution in [0.4, 0.5) is 11.4 Å². The molecule has 4 N–H and O–H groups in total. The summed E-state index contributed by atoms with van der Waals surface area (Å²) in [4.78, 5) is 0. The van der Waals surface area contributed by atoms with Gasteiger partial charge in [-0.3, -0.25) is 0 Å². The van der Waals surface area contributed by atoms with E-state index in [1.165, 1.54) is 27.5 Å². The van der Waals surface area contributed by atoms with Crippen LogP contribution < -0.4 is 11.5 Å². The summed E-state index contributed by atoms with van der Waals surface area (Å²) < 4.78 is 6.50. The Balaban J connectivity index is 0.000000160. The number of furan rings is 1. The van der Waals surface area contributed by atoms with Crippen molar-refractivity contribution < 1.29 is 4.42 Å². The van der Waals surface area contributed by atoms with Gasteiger partial charge in [-0.05, 0) is 33.9 Å². The molecule has 0 unspecified atom stereocenters. The highest BCUT2D eigenvalue weighted by Crippen LogP contribution is 2.40. The van der Waals surface area contributed by atoms with Gasteiger partial charge in [-0.15, -0.1) is 0 Å². The zero-order valence-corrected chi connectivity index (χ0v) is 24.0. The first-order valence-corrected chi connectivity index (χ1v) is 14.7. The summed E-state index contributed by atoms with van der Waals surface area (Å²) >= 11 is 0. The molecular formula is C40H32N2O. The normalized spacial score (nSPS) is 11.2. The third-order valence-corrected chi connectivity index (χ3v) is 8.27. The van der Waals surface area contributed by atoms with Crippen LogP contribution in [-0.4, -0.2) is 0 Å². The zero-order valence-electron chi connectivity index (χ0n) is 24.0. The fourth-order valence-corrected chi connectivity index (χ4v) is 6.05. The number of nitrogens with two attached hydrogens (primary N) is 2. The summed E-state index contributed by atoms with van der Waals surface area (Å²) in [6, 6.07) is 48.2. The van der Waals surface area contributed by atoms with Crippen LogP contribution in [0.3, 0.4) is 0 Å². The van der Waals surface area contributed by atoms with Gasteiger partial charge in [-0.25, -0.2) is 0 Å². The van der Waals surface area contributed by atoms with Crippen LogP contribution in [0.5, 0.6) is 0 Å². The lowest BCUT2D eigenvalue weighted by molar-refractivity contribution is 0.671. The molecule has 1 heterocycles. The number of rotatable bonds is 3. The van der Waals surface area contributed by atoms with Crippen molar-refractivity contribution in [3.05, 3.63) is 145 Å². The maximum atomic E-state index is 6.50. The third kappa shape index (κ3) is 4.65. The number of fused-ring (bicyclic) bond motifs is 6. The average molecular weight is 557 g/mol. The molecule has 1 aromatic heterocycles. The fourth-order valence-electron chi connectivity index (χ4n) is 6.05. The molecule has 0 aliphatic rings. The molecular weight excluding hydrogens is 524 g/mol. The minimum Gasteiger partial charge on any atom is -0.455 e. The molecule has 7 aromatic carbocycles. The van der Waals surface area contributed by atoms with Gasteiger partial charge in [0.25, 0.3) is 0 Å². The summed E-state index contributed by atoms with van der Waals surface area (Å²) in [6.07, 6.45) is 1.03. The first-order valence-electron chi connectivity index (χ1n) is 14.7. The van der Waals surface area contributed by atoms with Crippen LogP contribution in [0, 0.1) is 0 Å². The second-order valence-corrected chi connectivity index (χ2v) is 10.8. The highest BCUT2D eigenvalue weighted by molar-refractivity contribution is 6.19. The van der Waals surface area contributed by atoms with E-state index in [-0.39, 0.29) is 0 Å². The van der Waals surface area contributed by atoms with E-state index in [9.17, 15) is 0 Å². The van der Waals surface area contributed by atoms with Gasteiger partial charge >= 0.3 is 0 Å². The Labute approximate surface area is 251 Å². The molecule has 0 aliphatic heterocycles.